The summed E-state index contributed by atoms with van der Waals surface area (Å²) >= 11 is 3.37. The number of fused-ring (bicyclic) bond motifs is 1. The predicted octanol–water partition coefficient (Wildman–Crippen LogP) is 2.41. The standard InChI is InChI=1S/C15H15BrN2O5/c1-15(2)22-11-9(19)10(20-14(11)23-15)13-18-17-12(21-13)7-3-5-8(16)6-4-7/h3-6,9-11,14,19H,1-2H3/t9-,10-,11+,14+/m0/s1. The molecule has 8 heteroatoms. The van der Waals surface area contributed by atoms with Gasteiger partial charge in [-0.2, -0.15) is 0 Å². The Labute approximate surface area is 140 Å². The SMILES string of the molecule is CC1(C)O[C@H]2O[C@H](c3nnc(-c4ccc(Br)cc4)o3)[C@H](O)[C@H]2O1. The highest BCUT2D eigenvalue weighted by atomic mass is 79.9. The third kappa shape index (κ3) is 2.70. The summed E-state index contributed by atoms with van der Waals surface area (Å²) < 4.78 is 23.5. The smallest absolute Gasteiger partial charge is 0.248 e. The molecule has 1 aromatic heterocycles. The average molecular weight is 383 g/mol. The Morgan fingerprint density at radius 1 is 1.13 bits per heavy atom. The highest BCUT2D eigenvalue weighted by Crippen LogP contribution is 2.43. The van der Waals surface area contributed by atoms with E-state index in [2.05, 4.69) is 26.1 Å². The first-order valence-electron chi connectivity index (χ1n) is 7.21. The van der Waals surface area contributed by atoms with Gasteiger partial charge in [0.25, 0.3) is 0 Å². The molecule has 0 bridgehead atoms. The van der Waals surface area contributed by atoms with Gasteiger partial charge in [-0.3, -0.25) is 0 Å². The van der Waals surface area contributed by atoms with E-state index in [1.807, 2.05) is 24.3 Å². The largest absolute Gasteiger partial charge is 0.418 e. The van der Waals surface area contributed by atoms with Crippen LogP contribution in [0.2, 0.25) is 0 Å². The Balaban J connectivity index is 1.55. The van der Waals surface area contributed by atoms with Gasteiger partial charge in [-0.15, -0.1) is 10.2 Å². The zero-order chi connectivity index (χ0) is 16.2. The molecule has 3 heterocycles. The van der Waals surface area contributed by atoms with Crippen LogP contribution in [0.15, 0.2) is 33.2 Å². The molecule has 0 saturated carbocycles. The Morgan fingerprint density at radius 3 is 2.57 bits per heavy atom. The van der Waals surface area contributed by atoms with Crippen LogP contribution in [0.1, 0.15) is 25.8 Å². The van der Waals surface area contributed by atoms with E-state index >= 15 is 0 Å². The highest BCUT2D eigenvalue weighted by molar-refractivity contribution is 9.10. The minimum Gasteiger partial charge on any atom is -0.418 e. The van der Waals surface area contributed by atoms with E-state index in [-0.39, 0.29) is 5.89 Å². The lowest BCUT2D eigenvalue weighted by molar-refractivity contribution is -0.218. The summed E-state index contributed by atoms with van der Waals surface area (Å²) in [6, 6.07) is 7.48. The zero-order valence-electron chi connectivity index (χ0n) is 12.5. The van der Waals surface area contributed by atoms with Gasteiger partial charge in [-0.05, 0) is 38.1 Å². The van der Waals surface area contributed by atoms with E-state index in [4.69, 9.17) is 18.6 Å². The van der Waals surface area contributed by atoms with Crippen molar-refractivity contribution in [2.24, 2.45) is 0 Å². The van der Waals surface area contributed by atoms with Crippen LogP contribution in [0, 0.1) is 0 Å². The molecule has 122 valence electrons. The van der Waals surface area contributed by atoms with E-state index in [9.17, 15) is 5.11 Å². The maximum absolute atomic E-state index is 10.4. The number of aromatic nitrogens is 2. The first kappa shape index (κ1) is 15.2. The van der Waals surface area contributed by atoms with Crippen molar-refractivity contribution in [2.45, 2.75) is 44.2 Å². The van der Waals surface area contributed by atoms with Crippen LogP contribution in [0.25, 0.3) is 11.5 Å². The molecule has 0 radical (unpaired) electrons. The van der Waals surface area contributed by atoms with Crippen molar-refractivity contribution in [2.75, 3.05) is 0 Å². The fourth-order valence-electron chi connectivity index (χ4n) is 2.75. The number of aliphatic hydroxyl groups excluding tert-OH is 1. The molecule has 0 amide bonds. The molecule has 4 atom stereocenters. The van der Waals surface area contributed by atoms with Crippen molar-refractivity contribution < 1.29 is 23.7 Å². The van der Waals surface area contributed by atoms with Gasteiger partial charge in [-0.1, -0.05) is 15.9 Å². The molecular formula is C15H15BrN2O5. The van der Waals surface area contributed by atoms with Crippen LogP contribution < -0.4 is 0 Å². The third-order valence-electron chi connectivity index (χ3n) is 3.79. The quantitative estimate of drug-likeness (QED) is 0.852. The van der Waals surface area contributed by atoms with Gasteiger partial charge in [-0.25, -0.2) is 0 Å². The molecule has 2 aromatic rings. The lowest BCUT2D eigenvalue weighted by Crippen LogP contribution is -2.31. The van der Waals surface area contributed by atoms with Crippen molar-refractivity contribution in [3.63, 3.8) is 0 Å². The molecule has 1 aromatic carbocycles. The summed E-state index contributed by atoms with van der Waals surface area (Å²) in [6.45, 7) is 3.55. The van der Waals surface area contributed by atoms with Gasteiger partial charge >= 0.3 is 0 Å². The first-order valence-corrected chi connectivity index (χ1v) is 8.01. The maximum Gasteiger partial charge on any atom is 0.248 e. The van der Waals surface area contributed by atoms with Crippen LogP contribution in [-0.4, -0.2) is 39.6 Å². The van der Waals surface area contributed by atoms with Gasteiger partial charge in [0, 0.05) is 10.0 Å². The second-order valence-corrected chi connectivity index (χ2v) is 6.88. The van der Waals surface area contributed by atoms with Crippen molar-refractivity contribution >= 4 is 15.9 Å². The topological polar surface area (TPSA) is 86.8 Å². The fraction of sp³-hybridized carbons (Fsp3) is 0.467. The molecule has 2 aliphatic heterocycles. The Morgan fingerprint density at radius 2 is 1.87 bits per heavy atom. The van der Waals surface area contributed by atoms with Crippen molar-refractivity contribution in [1.82, 2.24) is 10.2 Å². The second-order valence-electron chi connectivity index (χ2n) is 5.97. The highest BCUT2D eigenvalue weighted by Gasteiger charge is 2.56. The normalized spacial score (nSPS) is 32.2. The summed E-state index contributed by atoms with van der Waals surface area (Å²) in [4.78, 5) is 0. The molecule has 23 heavy (non-hydrogen) atoms. The van der Waals surface area contributed by atoms with E-state index < -0.39 is 30.4 Å². The van der Waals surface area contributed by atoms with E-state index in [1.165, 1.54) is 0 Å². The summed E-state index contributed by atoms with van der Waals surface area (Å²) in [5, 5.41) is 18.4. The van der Waals surface area contributed by atoms with Crippen LogP contribution in [0.4, 0.5) is 0 Å². The molecule has 2 fully saturated rings. The molecular weight excluding hydrogens is 368 g/mol. The summed E-state index contributed by atoms with van der Waals surface area (Å²) in [5.74, 6) is -0.212. The van der Waals surface area contributed by atoms with E-state index in [1.54, 1.807) is 13.8 Å². The van der Waals surface area contributed by atoms with Gasteiger partial charge in [0.2, 0.25) is 11.8 Å². The lowest BCUT2D eigenvalue weighted by Gasteiger charge is -2.21. The molecule has 0 aliphatic carbocycles. The molecule has 0 unspecified atom stereocenters. The zero-order valence-corrected chi connectivity index (χ0v) is 14.1. The number of rotatable bonds is 2. The molecule has 0 spiro atoms. The predicted molar refractivity (Wildman–Crippen MR) is 81.1 cm³/mol. The number of halogens is 1. The number of aliphatic hydroxyl groups is 1. The van der Waals surface area contributed by atoms with Crippen LogP contribution in [0.5, 0.6) is 0 Å². The van der Waals surface area contributed by atoms with Gasteiger partial charge < -0.3 is 23.7 Å². The number of benzene rings is 1. The molecule has 7 nitrogen and oxygen atoms in total. The van der Waals surface area contributed by atoms with Crippen LogP contribution in [0.3, 0.4) is 0 Å². The van der Waals surface area contributed by atoms with Gasteiger partial charge in [0.05, 0.1) is 0 Å². The van der Waals surface area contributed by atoms with Crippen molar-refractivity contribution in [3.8, 4) is 11.5 Å². The molecule has 1 N–H and O–H groups in total. The lowest BCUT2D eigenvalue weighted by atomic mass is 10.1. The number of hydrogen-bond donors (Lipinski definition) is 1. The number of ether oxygens (including phenoxy) is 3. The maximum atomic E-state index is 10.4. The minimum atomic E-state index is -0.931. The third-order valence-corrected chi connectivity index (χ3v) is 4.32. The fourth-order valence-corrected chi connectivity index (χ4v) is 3.02. The summed E-state index contributed by atoms with van der Waals surface area (Å²) in [7, 11) is 0. The minimum absolute atomic E-state index is 0.204. The molecule has 4 rings (SSSR count). The van der Waals surface area contributed by atoms with Crippen molar-refractivity contribution in [1.29, 1.82) is 0 Å². The van der Waals surface area contributed by atoms with Crippen LogP contribution in [-0.2, 0) is 14.2 Å². The monoisotopic (exact) mass is 382 g/mol. The van der Waals surface area contributed by atoms with Gasteiger partial charge in [0.15, 0.2) is 18.2 Å². The number of hydrogen-bond acceptors (Lipinski definition) is 7. The molecule has 2 saturated heterocycles. The van der Waals surface area contributed by atoms with Crippen molar-refractivity contribution in [3.05, 3.63) is 34.6 Å². The van der Waals surface area contributed by atoms with Crippen LogP contribution >= 0.6 is 15.9 Å². The molecule has 2 aliphatic rings. The first-order chi connectivity index (χ1) is 10.9. The second kappa shape index (κ2) is 5.35. The Kier molecular flexibility index (Phi) is 3.54. The van der Waals surface area contributed by atoms with Gasteiger partial charge in [0.1, 0.15) is 12.2 Å². The van der Waals surface area contributed by atoms with E-state index in [0.29, 0.717) is 5.89 Å². The summed E-state index contributed by atoms with van der Waals surface area (Å²) in [5.41, 5.74) is 0.785. The Bertz CT molecular complexity index is 717. The summed E-state index contributed by atoms with van der Waals surface area (Å²) in [6.07, 6.45) is -2.91. The number of nitrogens with zero attached hydrogens (tertiary/aromatic N) is 2. The van der Waals surface area contributed by atoms with E-state index in [0.717, 1.165) is 10.0 Å². The average Bonchev–Trinajstić information content (AvgIpc) is 3.15. The Hall–Kier alpha value is -1.32.